The first kappa shape index (κ1) is 14.5. The van der Waals surface area contributed by atoms with Gasteiger partial charge in [-0.25, -0.2) is 4.98 Å². The zero-order valence-corrected chi connectivity index (χ0v) is 12.8. The SMILES string of the molecule is C[C@]1(C(=O)N2CCC[C@@H](Cn3cncn3)C2)CCCCN1. The van der Waals surface area contributed by atoms with Crippen molar-refractivity contribution in [3.05, 3.63) is 12.7 Å². The third-order valence-electron chi connectivity index (χ3n) is 4.81. The van der Waals surface area contributed by atoms with Crippen LogP contribution in [0, 0.1) is 5.92 Å². The van der Waals surface area contributed by atoms with E-state index in [2.05, 4.69) is 27.2 Å². The maximum atomic E-state index is 12.9. The molecule has 0 bridgehead atoms. The number of rotatable bonds is 3. The van der Waals surface area contributed by atoms with Crippen molar-refractivity contribution in [1.29, 1.82) is 0 Å². The Hall–Kier alpha value is -1.43. The number of hydrogen-bond acceptors (Lipinski definition) is 4. The maximum Gasteiger partial charge on any atom is 0.242 e. The summed E-state index contributed by atoms with van der Waals surface area (Å²) in [5, 5.41) is 7.61. The number of aromatic nitrogens is 3. The van der Waals surface area contributed by atoms with Crippen LogP contribution in [-0.2, 0) is 11.3 Å². The molecule has 1 aromatic heterocycles. The van der Waals surface area contributed by atoms with Crippen LogP contribution in [0.1, 0.15) is 39.0 Å². The molecule has 21 heavy (non-hydrogen) atoms. The molecule has 3 heterocycles. The Morgan fingerprint density at radius 3 is 3.05 bits per heavy atom. The number of carbonyl (C=O) groups excluding carboxylic acids is 1. The molecule has 116 valence electrons. The Balaban J connectivity index is 1.61. The van der Waals surface area contributed by atoms with Gasteiger partial charge in [0.1, 0.15) is 12.7 Å². The summed E-state index contributed by atoms with van der Waals surface area (Å²) in [5.41, 5.74) is -0.354. The van der Waals surface area contributed by atoms with Crippen LogP contribution in [0.2, 0.25) is 0 Å². The van der Waals surface area contributed by atoms with Gasteiger partial charge in [0.25, 0.3) is 0 Å². The molecule has 2 fully saturated rings. The largest absolute Gasteiger partial charge is 0.341 e. The normalized spacial score (nSPS) is 30.3. The summed E-state index contributed by atoms with van der Waals surface area (Å²) in [7, 11) is 0. The Labute approximate surface area is 125 Å². The van der Waals surface area contributed by atoms with E-state index in [4.69, 9.17) is 0 Å². The average molecular weight is 291 g/mol. The number of nitrogens with zero attached hydrogens (tertiary/aromatic N) is 4. The fourth-order valence-electron chi connectivity index (χ4n) is 3.58. The lowest BCUT2D eigenvalue weighted by molar-refractivity contribution is -0.140. The molecule has 1 aromatic rings. The molecule has 3 rings (SSSR count). The van der Waals surface area contributed by atoms with E-state index in [0.717, 1.165) is 51.9 Å². The van der Waals surface area contributed by atoms with Gasteiger partial charge in [0.05, 0.1) is 5.54 Å². The van der Waals surface area contributed by atoms with Crippen LogP contribution >= 0.6 is 0 Å². The molecule has 6 heteroatoms. The van der Waals surface area contributed by atoms with E-state index in [1.165, 1.54) is 6.42 Å². The van der Waals surface area contributed by atoms with Crippen LogP contribution in [0.15, 0.2) is 12.7 Å². The minimum Gasteiger partial charge on any atom is -0.341 e. The van der Waals surface area contributed by atoms with Crippen molar-refractivity contribution in [2.24, 2.45) is 5.92 Å². The average Bonchev–Trinajstić information content (AvgIpc) is 3.00. The van der Waals surface area contributed by atoms with Crippen molar-refractivity contribution in [2.45, 2.75) is 51.1 Å². The highest BCUT2D eigenvalue weighted by atomic mass is 16.2. The summed E-state index contributed by atoms with van der Waals surface area (Å²) in [5.74, 6) is 0.766. The van der Waals surface area contributed by atoms with Crippen molar-refractivity contribution in [2.75, 3.05) is 19.6 Å². The van der Waals surface area contributed by atoms with Gasteiger partial charge in [-0.1, -0.05) is 0 Å². The zero-order chi connectivity index (χ0) is 14.7. The molecule has 2 atom stereocenters. The Morgan fingerprint density at radius 2 is 2.33 bits per heavy atom. The lowest BCUT2D eigenvalue weighted by Gasteiger charge is -2.41. The summed E-state index contributed by atoms with van der Waals surface area (Å²) in [6.45, 7) is 5.61. The number of likely N-dealkylation sites (tertiary alicyclic amines) is 1. The topological polar surface area (TPSA) is 63.1 Å². The van der Waals surface area contributed by atoms with Gasteiger partial charge in [0.15, 0.2) is 0 Å². The Morgan fingerprint density at radius 1 is 1.43 bits per heavy atom. The minimum atomic E-state index is -0.354. The Kier molecular flexibility index (Phi) is 4.24. The second kappa shape index (κ2) is 6.13. The van der Waals surface area contributed by atoms with Gasteiger partial charge >= 0.3 is 0 Å². The van der Waals surface area contributed by atoms with E-state index in [9.17, 15) is 4.79 Å². The highest BCUT2D eigenvalue weighted by Crippen LogP contribution is 2.25. The van der Waals surface area contributed by atoms with Crippen LogP contribution in [0.3, 0.4) is 0 Å². The molecule has 6 nitrogen and oxygen atoms in total. The second-order valence-electron chi connectivity index (χ2n) is 6.59. The predicted molar refractivity (Wildman–Crippen MR) is 79.6 cm³/mol. The lowest BCUT2D eigenvalue weighted by Crippen LogP contribution is -2.59. The minimum absolute atomic E-state index is 0.283. The molecular weight excluding hydrogens is 266 g/mol. The van der Waals surface area contributed by atoms with Gasteiger partial charge < -0.3 is 10.2 Å². The second-order valence-corrected chi connectivity index (χ2v) is 6.59. The quantitative estimate of drug-likeness (QED) is 0.904. The van der Waals surface area contributed by atoms with Crippen LogP contribution in [-0.4, -0.2) is 50.7 Å². The molecule has 0 spiro atoms. The number of hydrogen-bond donors (Lipinski definition) is 1. The number of amides is 1. The first-order chi connectivity index (χ1) is 10.2. The molecule has 1 amide bonds. The maximum absolute atomic E-state index is 12.9. The molecule has 2 aliphatic heterocycles. The third-order valence-corrected chi connectivity index (χ3v) is 4.81. The van der Waals surface area contributed by atoms with Crippen LogP contribution < -0.4 is 5.32 Å². The van der Waals surface area contributed by atoms with Crippen molar-refractivity contribution >= 4 is 5.91 Å². The summed E-state index contributed by atoms with van der Waals surface area (Å²) >= 11 is 0. The van der Waals surface area contributed by atoms with Gasteiger partial charge in [-0.3, -0.25) is 9.48 Å². The molecule has 0 aliphatic carbocycles. The molecule has 0 aromatic carbocycles. The first-order valence-corrected chi connectivity index (χ1v) is 8.04. The van der Waals surface area contributed by atoms with E-state index in [-0.39, 0.29) is 11.4 Å². The van der Waals surface area contributed by atoms with E-state index < -0.39 is 0 Å². The van der Waals surface area contributed by atoms with Crippen molar-refractivity contribution in [3.8, 4) is 0 Å². The summed E-state index contributed by atoms with van der Waals surface area (Å²) in [6, 6.07) is 0. The summed E-state index contributed by atoms with van der Waals surface area (Å²) < 4.78 is 1.87. The fourth-order valence-corrected chi connectivity index (χ4v) is 3.58. The van der Waals surface area contributed by atoms with Crippen molar-refractivity contribution in [3.63, 3.8) is 0 Å². The molecule has 0 saturated carbocycles. The van der Waals surface area contributed by atoms with Gasteiger partial charge in [-0.05, 0) is 51.5 Å². The van der Waals surface area contributed by atoms with Crippen LogP contribution in [0.25, 0.3) is 0 Å². The fraction of sp³-hybridized carbons (Fsp3) is 0.800. The van der Waals surface area contributed by atoms with Gasteiger partial charge in [0.2, 0.25) is 5.91 Å². The highest BCUT2D eigenvalue weighted by Gasteiger charge is 2.38. The summed E-state index contributed by atoms with van der Waals surface area (Å²) in [4.78, 5) is 18.9. The van der Waals surface area contributed by atoms with Crippen LogP contribution in [0.5, 0.6) is 0 Å². The van der Waals surface area contributed by atoms with Gasteiger partial charge in [0, 0.05) is 19.6 Å². The number of piperidine rings is 2. The molecule has 1 N–H and O–H groups in total. The van der Waals surface area contributed by atoms with E-state index in [1.54, 1.807) is 12.7 Å². The molecule has 0 radical (unpaired) electrons. The van der Waals surface area contributed by atoms with Gasteiger partial charge in [-0.15, -0.1) is 0 Å². The van der Waals surface area contributed by atoms with Gasteiger partial charge in [-0.2, -0.15) is 5.10 Å². The predicted octanol–water partition coefficient (Wildman–Crippen LogP) is 1.05. The van der Waals surface area contributed by atoms with Crippen molar-refractivity contribution < 1.29 is 4.79 Å². The molecule has 2 saturated heterocycles. The third kappa shape index (κ3) is 3.26. The van der Waals surface area contributed by atoms with Crippen LogP contribution in [0.4, 0.5) is 0 Å². The molecule has 0 unspecified atom stereocenters. The van der Waals surface area contributed by atoms with E-state index in [1.807, 2.05) is 4.68 Å². The first-order valence-electron chi connectivity index (χ1n) is 8.04. The lowest BCUT2D eigenvalue weighted by atomic mass is 9.88. The molecule has 2 aliphatic rings. The monoisotopic (exact) mass is 291 g/mol. The standard InChI is InChI=1S/C15H25N5O/c1-15(6-2-3-7-17-15)14(21)19-8-4-5-13(9-19)10-20-12-16-11-18-20/h11-13,17H,2-10H2,1H3/t13-,15-/m1/s1. The van der Waals surface area contributed by atoms with E-state index >= 15 is 0 Å². The number of nitrogens with one attached hydrogen (secondary N) is 1. The number of carbonyl (C=O) groups is 1. The molecular formula is C15H25N5O. The Bertz CT molecular complexity index is 466. The summed E-state index contributed by atoms with van der Waals surface area (Å²) in [6.07, 6.45) is 8.85. The highest BCUT2D eigenvalue weighted by molar-refractivity contribution is 5.86. The zero-order valence-electron chi connectivity index (χ0n) is 12.8. The van der Waals surface area contributed by atoms with E-state index in [0.29, 0.717) is 5.92 Å². The smallest absolute Gasteiger partial charge is 0.242 e. The van der Waals surface area contributed by atoms with Crippen molar-refractivity contribution in [1.82, 2.24) is 25.0 Å².